The number of hydrogen-bond acceptors (Lipinski definition) is 3. The van der Waals surface area contributed by atoms with Crippen molar-refractivity contribution in [2.45, 2.75) is 19.4 Å². The zero-order chi connectivity index (χ0) is 14.1. The molecule has 0 saturated heterocycles. The van der Waals surface area contributed by atoms with Crippen molar-refractivity contribution in [3.8, 4) is 0 Å². The van der Waals surface area contributed by atoms with E-state index in [1.165, 1.54) is 0 Å². The summed E-state index contributed by atoms with van der Waals surface area (Å²) in [5, 5.41) is 3.27. The molecule has 102 valence electrons. The Hall–Kier alpha value is -2.36. The van der Waals surface area contributed by atoms with Crippen LogP contribution in [0, 0.1) is 6.92 Å². The number of nitrogens with zero attached hydrogens (tertiary/aromatic N) is 2. The summed E-state index contributed by atoms with van der Waals surface area (Å²) < 4.78 is 0. The Kier molecular flexibility index (Phi) is 3.14. The highest BCUT2D eigenvalue weighted by molar-refractivity contribution is 5.99. The van der Waals surface area contributed by atoms with Gasteiger partial charge in [-0.3, -0.25) is 9.78 Å². The molecule has 1 unspecified atom stereocenters. The quantitative estimate of drug-likeness (QED) is 0.908. The van der Waals surface area contributed by atoms with E-state index in [0.717, 1.165) is 22.5 Å². The maximum atomic E-state index is 12.6. The molecule has 4 nitrogen and oxygen atoms in total. The molecule has 1 atom stereocenters. The molecule has 0 fully saturated rings. The van der Waals surface area contributed by atoms with E-state index in [0.29, 0.717) is 6.42 Å². The van der Waals surface area contributed by atoms with Crippen molar-refractivity contribution in [2.75, 3.05) is 17.3 Å². The number of carbonyl (C=O) groups is 1. The molecular weight excluding hydrogens is 250 g/mol. The molecule has 0 bridgehead atoms. The molecule has 0 radical (unpaired) electrons. The number of fused-ring (bicyclic) bond motifs is 1. The maximum Gasteiger partial charge on any atom is 0.249 e. The van der Waals surface area contributed by atoms with Crippen molar-refractivity contribution >= 4 is 17.3 Å². The van der Waals surface area contributed by atoms with Crippen LogP contribution in [0.4, 0.5) is 11.4 Å². The Morgan fingerprint density at radius 2 is 2.25 bits per heavy atom. The first-order valence-corrected chi connectivity index (χ1v) is 6.69. The molecule has 4 heteroatoms. The molecule has 2 heterocycles. The molecule has 1 N–H and O–H groups in total. The van der Waals surface area contributed by atoms with E-state index in [-0.39, 0.29) is 11.9 Å². The SMILES string of the molecule is Cc1cccc(N(C)C(=O)C2Cc3cnccc3N2)c1. The van der Waals surface area contributed by atoms with Crippen LogP contribution in [-0.4, -0.2) is 24.0 Å². The van der Waals surface area contributed by atoms with Gasteiger partial charge >= 0.3 is 0 Å². The predicted molar refractivity (Wildman–Crippen MR) is 79.9 cm³/mol. The van der Waals surface area contributed by atoms with Crippen LogP contribution in [0.25, 0.3) is 0 Å². The van der Waals surface area contributed by atoms with Crippen LogP contribution in [0.2, 0.25) is 0 Å². The van der Waals surface area contributed by atoms with Gasteiger partial charge in [-0.05, 0) is 36.2 Å². The number of aryl methyl sites for hydroxylation is 1. The number of likely N-dealkylation sites (N-methyl/N-ethyl adjacent to an activating group) is 1. The van der Waals surface area contributed by atoms with Crippen LogP contribution in [0.15, 0.2) is 42.7 Å². The Morgan fingerprint density at radius 1 is 1.40 bits per heavy atom. The van der Waals surface area contributed by atoms with Gasteiger partial charge in [0, 0.05) is 37.2 Å². The van der Waals surface area contributed by atoms with Crippen molar-refractivity contribution in [1.29, 1.82) is 0 Å². The van der Waals surface area contributed by atoms with Crippen molar-refractivity contribution in [1.82, 2.24) is 4.98 Å². The molecule has 20 heavy (non-hydrogen) atoms. The van der Waals surface area contributed by atoms with Crippen LogP contribution in [0.5, 0.6) is 0 Å². The number of carbonyl (C=O) groups excluding carboxylic acids is 1. The van der Waals surface area contributed by atoms with Gasteiger partial charge in [-0.1, -0.05) is 12.1 Å². The number of aromatic nitrogens is 1. The average molecular weight is 267 g/mol. The minimum Gasteiger partial charge on any atom is -0.373 e. The van der Waals surface area contributed by atoms with Crippen molar-refractivity contribution in [3.63, 3.8) is 0 Å². The molecule has 1 aliphatic heterocycles. The van der Waals surface area contributed by atoms with Gasteiger partial charge in [0.2, 0.25) is 5.91 Å². The van der Waals surface area contributed by atoms with E-state index >= 15 is 0 Å². The number of pyridine rings is 1. The standard InChI is InChI=1S/C16H17N3O/c1-11-4-3-5-13(8-11)19(2)16(20)15-9-12-10-17-7-6-14(12)18-15/h3-8,10,15,18H,9H2,1-2H3. The number of benzene rings is 1. The van der Waals surface area contributed by atoms with Gasteiger partial charge in [0.05, 0.1) is 0 Å². The molecule has 1 aliphatic rings. The fourth-order valence-electron chi connectivity index (χ4n) is 2.54. The molecule has 1 aromatic heterocycles. The number of hydrogen-bond donors (Lipinski definition) is 1. The van der Waals surface area contributed by atoms with E-state index in [9.17, 15) is 4.79 Å². The lowest BCUT2D eigenvalue weighted by atomic mass is 10.1. The van der Waals surface area contributed by atoms with Crippen molar-refractivity contribution in [3.05, 3.63) is 53.9 Å². The van der Waals surface area contributed by atoms with Gasteiger partial charge in [-0.15, -0.1) is 0 Å². The highest BCUT2D eigenvalue weighted by atomic mass is 16.2. The summed E-state index contributed by atoms with van der Waals surface area (Å²) in [6.45, 7) is 2.02. The predicted octanol–water partition coefficient (Wildman–Crippen LogP) is 2.39. The summed E-state index contributed by atoms with van der Waals surface area (Å²) in [5.41, 5.74) is 4.18. The Morgan fingerprint density at radius 3 is 3.00 bits per heavy atom. The smallest absolute Gasteiger partial charge is 0.249 e. The van der Waals surface area contributed by atoms with Crippen LogP contribution in [0.3, 0.4) is 0 Å². The molecule has 2 aromatic rings. The fourth-order valence-corrected chi connectivity index (χ4v) is 2.54. The fraction of sp³-hybridized carbons (Fsp3) is 0.250. The second-order valence-electron chi connectivity index (χ2n) is 5.17. The van der Waals surface area contributed by atoms with E-state index in [4.69, 9.17) is 0 Å². The summed E-state index contributed by atoms with van der Waals surface area (Å²) in [5.74, 6) is 0.0757. The molecular formula is C16H17N3O. The maximum absolute atomic E-state index is 12.6. The van der Waals surface area contributed by atoms with Gasteiger partial charge < -0.3 is 10.2 Å². The van der Waals surface area contributed by atoms with Gasteiger partial charge in [-0.25, -0.2) is 0 Å². The zero-order valence-corrected chi connectivity index (χ0v) is 11.6. The van der Waals surface area contributed by atoms with Gasteiger partial charge in [-0.2, -0.15) is 0 Å². The lowest BCUT2D eigenvalue weighted by Crippen LogP contribution is -2.39. The van der Waals surface area contributed by atoms with Crippen molar-refractivity contribution < 1.29 is 4.79 Å². The number of nitrogens with one attached hydrogen (secondary N) is 1. The van der Waals surface area contributed by atoms with Gasteiger partial charge in [0.1, 0.15) is 6.04 Å². The number of rotatable bonds is 2. The monoisotopic (exact) mass is 267 g/mol. The summed E-state index contributed by atoms with van der Waals surface area (Å²) in [6, 6.07) is 9.66. The normalized spacial score (nSPS) is 16.4. The van der Waals surface area contributed by atoms with Gasteiger partial charge in [0.15, 0.2) is 0 Å². The largest absolute Gasteiger partial charge is 0.373 e. The van der Waals surface area contributed by atoms with Crippen LogP contribution >= 0.6 is 0 Å². The topological polar surface area (TPSA) is 45.2 Å². The van der Waals surface area contributed by atoms with Crippen LogP contribution in [0.1, 0.15) is 11.1 Å². The van der Waals surface area contributed by atoms with Crippen molar-refractivity contribution in [2.24, 2.45) is 0 Å². The molecule has 0 saturated carbocycles. The van der Waals surface area contributed by atoms with E-state index in [1.807, 2.05) is 50.5 Å². The Bertz CT molecular complexity index is 629. The lowest BCUT2D eigenvalue weighted by Gasteiger charge is -2.22. The minimum atomic E-state index is -0.209. The van der Waals surface area contributed by atoms with Crippen LogP contribution < -0.4 is 10.2 Å². The van der Waals surface area contributed by atoms with Gasteiger partial charge in [0.25, 0.3) is 0 Å². The third-order valence-electron chi connectivity index (χ3n) is 3.67. The molecule has 0 spiro atoms. The second kappa shape index (κ2) is 4.96. The number of amides is 1. The summed E-state index contributed by atoms with van der Waals surface area (Å²) in [7, 11) is 1.82. The molecule has 0 aliphatic carbocycles. The third kappa shape index (κ3) is 2.25. The average Bonchev–Trinajstić information content (AvgIpc) is 2.89. The zero-order valence-electron chi connectivity index (χ0n) is 11.6. The Labute approximate surface area is 118 Å². The second-order valence-corrected chi connectivity index (χ2v) is 5.17. The lowest BCUT2D eigenvalue weighted by molar-refractivity contribution is -0.118. The van der Waals surface area contributed by atoms with Crippen LogP contribution in [-0.2, 0) is 11.2 Å². The first-order chi connectivity index (χ1) is 9.65. The Balaban J connectivity index is 1.78. The minimum absolute atomic E-state index is 0.0757. The van der Waals surface area contributed by atoms with E-state index in [2.05, 4.69) is 10.3 Å². The van der Waals surface area contributed by atoms with E-state index < -0.39 is 0 Å². The first-order valence-electron chi connectivity index (χ1n) is 6.69. The number of anilines is 2. The summed E-state index contributed by atoms with van der Waals surface area (Å²) in [4.78, 5) is 18.4. The highest BCUT2D eigenvalue weighted by Gasteiger charge is 2.29. The van der Waals surface area contributed by atoms with E-state index in [1.54, 1.807) is 11.1 Å². The third-order valence-corrected chi connectivity index (χ3v) is 3.67. The molecule has 3 rings (SSSR count). The highest BCUT2D eigenvalue weighted by Crippen LogP contribution is 2.26. The molecule has 1 aromatic carbocycles. The first kappa shape index (κ1) is 12.7. The summed E-state index contributed by atoms with van der Waals surface area (Å²) >= 11 is 0. The molecule has 1 amide bonds. The summed E-state index contributed by atoms with van der Waals surface area (Å²) in [6.07, 6.45) is 4.25.